The number of rotatable bonds is 4. The average molecular weight is 304 g/mol. The number of hydrogen-bond acceptors (Lipinski definition) is 3. The monoisotopic (exact) mass is 303 g/mol. The zero-order valence-electron chi connectivity index (χ0n) is 12.3. The lowest BCUT2D eigenvalue weighted by molar-refractivity contribution is 0.0523. The molecule has 1 saturated carbocycles. The maximum atomic E-state index is 12.4. The van der Waals surface area contributed by atoms with Gasteiger partial charge in [-0.25, -0.2) is 4.79 Å². The Bertz CT molecular complexity index is 707. The van der Waals surface area contributed by atoms with Crippen molar-refractivity contribution in [3.05, 3.63) is 40.0 Å². The van der Waals surface area contributed by atoms with E-state index in [1.807, 2.05) is 25.1 Å². The summed E-state index contributed by atoms with van der Waals surface area (Å²) < 4.78 is 5.26. The van der Waals surface area contributed by atoms with Crippen LogP contribution in [0.15, 0.2) is 18.2 Å². The summed E-state index contributed by atoms with van der Waals surface area (Å²) in [5.74, 6) is 0.139. The normalized spacial score (nSPS) is 14.4. The number of aryl methyl sites for hydroxylation is 1. The minimum Gasteiger partial charge on any atom is -0.462 e. The summed E-state index contributed by atoms with van der Waals surface area (Å²) in [6.07, 6.45) is 2.95. The average Bonchev–Trinajstić information content (AvgIpc) is 3.30. The molecule has 1 aromatic carbocycles. The molecule has 1 heterocycles. The Labute approximate surface area is 129 Å². The number of carbonyl (C=O) groups is 1. The molecule has 1 aliphatic carbocycles. The van der Waals surface area contributed by atoms with Crippen LogP contribution in [0.3, 0.4) is 0 Å². The summed E-state index contributed by atoms with van der Waals surface area (Å²) >= 11 is 6.11. The van der Waals surface area contributed by atoms with E-state index in [4.69, 9.17) is 21.3 Å². The molecule has 0 saturated heterocycles. The molecule has 0 atom stereocenters. The van der Waals surface area contributed by atoms with Crippen LogP contribution < -0.4 is 0 Å². The van der Waals surface area contributed by atoms with E-state index in [9.17, 15) is 4.79 Å². The molecule has 3 rings (SSSR count). The second kappa shape index (κ2) is 5.64. The molecule has 0 bridgehead atoms. The number of halogens is 1. The van der Waals surface area contributed by atoms with Crippen LogP contribution in [0.1, 0.15) is 54.2 Å². The van der Waals surface area contributed by atoms with Crippen molar-refractivity contribution in [1.29, 1.82) is 0 Å². The third-order valence-corrected chi connectivity index (χ3v) is 4.11. The van der Waals surface area contributed by atoms with Gasteiger partial charge in [0, 0.05) is 16.3 Å². The summed E-state index contributed by atoms with van der Waals surface area (Å²) in [5.41, 5.74) is 3.48. The van der Waals surface area contributed by atoms with Crippen LogP contribution in [0.4, 0.5) is 0 Å². The minimum absolute atomic E-state index is 0.259. The standard InChI is InChI=1S/C17H18ClNO2/c1-3-12-13-9-11(18)7-8-14(13)19-16(10-5-6-10)15(12)17(20)21-4-2/h7-10H,3-6H2,1-2H3. The third-order valence-electron chi connectivity index (χ3n) is 3.88. The molecule has 3 nitrogen and oxygen atoms in total. The number of nitrogens with zero attached hydrogens (tertiary/aromatic N) is 1. The Morgan fingerprint density at radius 3 is 2.76 bits per heavy atom. The quantitative estimate of drug-likeness (QED) is 0.780. The van der Waals surface area contributed by atoms with Gasteiger partial charge >= 0.3 is 5.97 Å². The zero-order chi connectivity index (χ0) is 15.0. The van der Waals surface area contributed by atoms with E-state index in [-0.39, 0.29) is 5.97 Å². The first kappa shape index (κ1) is 14.3. The van der Waals surface area contributed by atoms with E-state index >= 15 is 0 Å². The van der Waals surface area contributed by atoms with Crippen molar-refractivity contribution in [2.24, 2.45) is 0 Å². The molecule has 0 N–H and O–H groups in total. The third kappa shape index (κ3) is 2.62. The molecule has 21 heavy (non-hydrogen) atoms. The fourth-order valence-electron chi connectivity index (χ4n) is 2.77. The van der Waals surface area contributed by atoms with E-state index in [2.05, 4.69) is 6.92 Å². The molecule has 110 valence electrons. The van der Waals surface area contributed by atoms with Gasteiger partial charge in [-0.3, -0.25) is 4.98 Å². The van der Waals surface area contributed by atoms with Gasteiger partial charge in [0.25, 0.3) is 0 Å². The summed E-state index contributed by atoms with van der Waals surface area (Å²) in [6, 6.07) is 5.66. The highest BCUT2D eigenvalue weighted by molar-refractivity contribution is 6.31. The topological polar surface area (TPSA) is 39.2 Å². The van der Waals surface area contributed by atoms with Gasteiger partial charge in [-0.2, -0.15) is 0 Å². The van der Waals surface area contributed by atoms with E-state index in [0.717, 1.165) is 41.4 Å². The van der Waals surface area contributed by atoms with Crippen LogP contribution in [0.5, 0.6) is 0 Å². The van der Waals surface area contributed by atoms with Crippen molar-refractivity contribution in [3.63, 3.8) is 0 Å². The van der Waals surface area contributed by atoms with Crippen molar-refractivity contribution in [3.8, 4) is 0 Å². The molecule has 0 aliphatic heterocycles. The fourth-order valence-corrected chi connectivity index (χ4v) is 2.94. The molecule has 0 unspecified atom stereocenters. The Morgan fingerprint density at radius 1 is 1.38 bits per heavy atom. The molecule has 1 aliphatic rings. The lowest BCUT2D eigenvalue weighted by Gasteiger charge is -2.15. The molecule has 0 amide bonds. The van der Waals surface area contributed by atoms with Crippen LogP contribution in [0.25, 0.3) is 10.9 Å². The van der Waals surface area contributed by atoms with Crippen LogP contribution in [0, 0.1) is 0 Å². The van der Waals surface area contributed by atoms with Gasteiger partial charge in [0.05, 0.1) is 23.4 Å². The number of aromatic nitrogens is 1. The zero-order valence-corrected chi connectivity index (χ0v) is 13.0. The Kier molecular flexibility index (Phi) is 3.85. The van der Waals surface area contributed by atoms with Gasteiger partial charge in [-0.05, 0) is 49.9 Å². The van der Waals surface area contributed by atoms with E-state index in [0.29, 0.717) is 23.1 Å². The predicted octanol–water partition coefficient (Wildman–Crippen LogP) is 4.50. The molecule has 0 spiro atoms. The lowest BCUT2D eigenvalue weighted by Crippen LogP contribution is -2.13. The number of hydrogen-bond donors (Lipinski definition) is 0. The second-order valence-corrected chi connectivity index (χ2v) is 5.80. The van der Waals surface area contributed by atoms with Crippen LogP contribution in [0.2, 0.25) is 5.02 Å². The van der Waals surface area contributed by atoms with E-state index < -0.39 is 0 Å². The Balaban J connectivity index is 2.29. The highest BCUT2D eigenvalue weighted by Gasteiger charge is 2.32. The minimum atomic E-state index is -0.259. The van der Waals surface area contributed by atoms with Crippen LogP contribution >= 0.6 is 11.6 Å². The second-order valence-electron chi connectivity index (χ2n) is 5.36. The lowest BCUT2D eigenvalue weighted by atomic mass is 9.96. The van der Waals surface area contributed by atoms with Crippen molar-refractivity contribution in [2.45, 2.75) is 39.0 Å². The van der Waals surface area contributed by atoms with Gasteiger partial charge < -0.3 is 4.74 Å². The number of ether oxygens (including phenoxy) is 1. The van der Waals surface area contributed by atoms with Crippen LogP contribution in [-0.4, -0.2) is 17.6 Å². The van der Waals surface area contributed by atoms with Gasteiger partial charge in [0.1, 0.15) is 0 Å². The summed E-state index contributed by atoms with van der Waals surface area (Å²) in [4.78, 5) is 17.1. The SMILES string of the molecule is CCOC(=O)c1c(C2CC2)nc2ccc(Cl)cc2c1CC. The first-order valence-corrected chi connectivity index (χ1v) is 7.82. The Morgan fingerprint density at radius 2 is 2.14 bits per heavy atom. The van der Waals surface area contributed by atoms with Gasteiger partial charge in [-0.1, -0.05) is 18.5 Å². The number of carbonyl (C=O) groups excluding carboxylic acids is 1. The molecule has 2 aromatic rings. The summed E-state index contributed by atoms with van der Waals surface area (Å²) in [6.45, 7) is 4.25. The summed E-state index contributed by atoms with van der Waals surface area (Å²) in [5, 5.41) is 1.62. The highest BCUT2D eigenvalue weighted by Crippen LogP contribution is 2.43. The Hall–Kier alpha value is -1.61. The van der Waals surface area contributed by atoms with Gasteiger partial charge in [0.15, 0.2) is 0 Å². The molecule has 4 heteroatoms. The molecule has 0 radical (unpaired) electrons. The highest BCUT2D eigenvalue weighted by atomic mass is 35.5. The number of pyridine rings is 1. The van der Waals surface area contributed by atoms with Crippen molar-refractivity contribution in [2.75, 3.05) is 6.61 Å². The van der Waals surface area contributed by atoms with Crippen LogP contribution in [-0.2, 0) is 11.2 Å². The maximum Gasteiger partial charge on any atom is 0.340 e. The molecular formula is C17H18ClNO2. The molecular weight excluding hydrogens is 286 g/mol. The van der Waals surface area contributed by atoms with Gasteiger partial charge in [0.2, 0.25) is 0 Å². The fraction of sp³-hybridized carbons (Fsp3) is 0.412. The van der Waals surface area contributed by atoms with Crippen molar-refractivity contribution >= 4 is 28.5 Å². The molecule has 1 fully saturated rings. The number of benzene rings is 1. The van der Waals surface area contributed by atoms with Gasteiger partial charge in [-0.15, -0.1) is 0 Å². The first-order valence-electron chi connectivity index (χ1n) is 7.44. The number of esters is 1. The van der Waals surface area contributed by atoms with E-state index in [1.54, 1.807) is 0 Å². The van der Waals surface area contributed by atoms with E-state index in [1.165, 1.54) is 0 Å². The van der Waals surface area contributed by atoms with Crippen molar-refractivity contribution in [1.82, 2.24) is 4.98 Å². The largest absolute Gasteiger partial charge is 0.462 e. The summed E-state index contributed by atoms with van der Waals surface area (Å²) in [7, 11) is 0. The maximum absolute atomic E-state index is 12.4. The number of fused-ring (bicyclic) bond motifs is 1. The molecule has 1 aromatic heterocycles. The van der Waals surface area contributed by atoms with Crippen molar-refractivity contribution < 1.29 is 9.53 Å². The predicted molar refractivity (Wildman–Crippen MR) is 84.1 cm³/mol. The smallest absolute Gasteiger partial charge is 0.340 e. The first-order chi connectivity index (χ1) is 10.2.